The number of furan rings is 1. The van der Waals surface area contributed by atoms with Gasteiger partial charge in [0.25, 0.3) is 0 Å². The summed E-state index contributed by atoms with van der Waals surface area (Å²) in [6, 6.07) is 7.40. The summed E-state index contributed by atoms with van der Waals surface area (Å²) in [6.45, 7) is 3.62. The molecule has 0 fully saturated rings. The van der Waals surface area contributed by atoms with Gasteiger partial charge in [-0.3, -0.25) is 0 Å². The lowest BCUT2D eigenvalue weighted by molar-refractivity contribution is 0.0695. The highest BCUT2D eigenvalue weighted by atomic mass is 32.2. The van der Waals surface area contributed by atoms with E-state index in [1.54, 1.807) is 24.8 Å². The number of carboxylic acids is 1. The SMILES string of the molecule is Cc1cc(SCc2cc(C(=O)O)c(C)o2)ccc1N. The van der Waals surface area contributed by atoms with E-state index < -0.39 is 5.97 Å². The molecule has 0 atom stereocenters. The Balaban J connectivity index is 2.08. The molecule has 0 radical (unpaired) electrons. The summed E-state index contributed by atoms with van der Waals surface area (Å²) in [6.07, 6.45) is 0. The van der Waals surface area contributed by atoms with E-state index in [0.29, 0.717) is 17.3 Å². The van der Waals surface area contributed by atoms with Crippen LogP contribution in [0, 0.1) is 13.8 Å². The number of hydrogen-bond acceptors (Lipinski definition) is 4. The Morgan fingerprint density at radius 3 is 2.68 bits per heavy atom. The lowest BCUT2D eigenvalue weighted by atomic mass is 10.2. The molecule has 0 saturated carbocycles. The summed E-state index contributed by atoms with van der Waals surface area (Å²) < 4.78 is 5.43. The number of carbonyl (C=O) groups is 1. The fourth-order valence-corrected chi connectivity index (χ4v) is 2.60. The van der Waals surface area contributed by atoms with E-state index in [-0.39, 0.29) is 5.56 Å². The predicted octanol–water partition coefficient (Wildman–Crippen LogP) is 3.47. The zero-order chi connectivity index (χ0) is 14.0. The van der Waals surface area contributed by atoms with Gasteiger partial charge in [0.15, 0.2) is 0 Å². The van der Waals surface area contributed by atoms with Gasteiger partial charge < -0.3 is 15.3 Å². The Morgan fingerprint density at radius 2 is 2.11 bits per heavy atom. The second kappa shape index (κ2) is 5.40. The van der Waals surface area contributed by atoms with Crippen LogP contribution >= 0.6 is 11.8 Å². The highest BCUT2D eigenvalue weighted by Gasteiger charge is 2.13. The van der Waals surface area contributed by atoms with Crippen molar-refractivity contribution in [3.63, 3.8) is 0 Å². The number of anilines is 1. The topological polar surface area (TPSA) is 76.5 Å². The molecule has 1 heterocycles. The third kappa shape index (κ3) is 3.12. The van der Waals surface area contributed by atoms with Gasteiger partial charge in [-0.25, -0.2) is 4.79 Å². The standard InChI is InChI=1S/C14H15NO3S/c1-8-5-11(3-4-13(8)15)19-7-10-6-12(14(16)17)9(2)18-10/h3-6H,7,15H2,1-2H3,(H,16,17). The van der Waals surface area contributed by atoms with Crippen LogP contribution < -0.4 is 5.73 Å². The molecule has 0 amide bonds. The third-order valence-corrected chi connectivity index (χ3v) is 3.84. The van der Waals surface area contributed by atoms with E-state index in [4.69, 9.17) is 15.3 Å². The molecule has 0 bridgehead atoms. The quantitative estimate of drug-likeness (QED) is 0.661. The van der Waals surface area contributed by atoms with Crippen molar-refractivity contribution in [3.05, 3.63) is 46.9 Å². The van der Waals surface area contributed by atoms with Gasteiger partial charge in [0.05, 0.1) is 5.75 Å². The van der Waals surface area contributed by atoms with Gasteiger partial charge in [-0.2, -0.15) is 0 Å². The Bertz CT molecular complexity index is 619. The summed E-state index contributed by atoms with van der Waals surface area (Å²) in [7, 11) is 0. The van der Waals surface area contributed by atoms with Crippen LogP contribution in [0.4, 0.5) is 5.69 Å². The van der Waals surface area contributed by atoms with Crippen molar-refractivity contribution in [1.82, 2.24) is 0 Å². The average Bonchev–Trinajstić information content (AvgIpc) is 2.72. The van der Waals surface area contributed by atoms with E-state index in [1.807, 2.05) is 25.1 Å². The first-order valence-electron chi connectivity index (χ1n) is 5.79. The number of rotatable bonds is 4. The molecule has 3 N–H and O–H groups in total. The molecular weight excluding hydrogens is 262 g/mol. The summed E-state index contributed by atoms with van der Waals surface area (Å²) in [4.78, 5) is 12.0. The zero-order valence-electron chi connectivity index (χ0n) is 10.8. The molecule has 0 aliphatic rings. The number of benzene rings is 1. The van der Waals surface area contributed by atoms with E-state index >= 15 is 0 Å². The minimum atomic E-state index is -0.958. The number of aryl methyl sites for hydroxylation is 2. The van der Waals surface area contributed by atoms with Crippen molar-refractivity contribution in [2.75, 3.05) is 5.73 Å². The predicted molar refractivity (Wildman–Crippen MR) is 75.6 cm³/mol. The number of carboxylic acid groups (broad SMARTS) is 1. The minimum Gasteiger partial charge on any atom is -0.478 e. The number of aromatic carboxylic acids is 1. The molecular formula is C14H15NO3S. The first-order chi connectivity index (χ1) is 8.97. The maximum Gasteiger partial charge on any atom is 0.339 e. The van der Waals surface area contributed by atoms with Crippen molar-refractivity contribution in [1.29, 1.82) is 0 Å². The van der Waals surface area contributed by atoms with E-state index in [1.165, 1.54) is 0 Å². The lowest BCUT2D eigenvalue weighted by Gasteiger charge is -2.03. The lowest BCUT2D eigenvalue weighted by Crippen LogP contribution is -1.94. The highest BCUT2D eigenvalue weighted by molar-refractivity contribution is 7.98. The van der Waals surface area contributed by atoms with Crippen LogP contribution in [0.3, 0.4) is 0 Å². The molecule has 0 aliphatic heterocycles. The van der Waals surface area contributed by atoms with Crippen LogP contribution in [0.1, 0.15) is 27.4 Å². The zero-order valence-corrected chi connectivity index (χ0v) is 11.6. The van der Waals surface area contributed by atoms with Gasteiger partial charge in [-0.15, -0.1) is 11.8 Å². The molecule has 19 heavy (non-hydrogen) atoms. The average molecular weight is 277 g/mol. The molecule has 1 aromatic heterocycles. The van der Waals surface area contributed by atoms with Crippen LogP contribution in [-0.2, 0) is 5.75 Å². The van der Waals surface area contributed by atoms with E-state index in [0.717, 1.165) is 16.1 Å². The van der Waals surface area contributed by atoms with Gasteiger partial charge >= 0.3 is 5.97 Å². The fourth-order valence-electron chi connectivity index (χ4n) is 1.72. The molecule has 0 spiro atoms. The van der Waals surface area contributed by atoms with Gasteiger partial charge in [0, 0.05) is 10.6 Å². The van der Waals surface area contributed by atoms with Gasteiger partial charge in [-0.1, -0.05) is 0 Å². The molecule has 5 heteroatoms. The fraction of sp³-hybridized carbons (Fsp3) is 0.214. The van der Waals surface area contributed by atoms with Crippen molar-refractivity contribution in [2.24, 2.45) is 0 Å². The first-order valence-corrected chi connectivity index (χ1v) is 6.77. The Kier molecular flexibility index (Phi) is 3.85. The summed E-state index contributed by atoms with van der Waals surface area (Å²) in [5.74, 6) is 0.740. The monoisotopic (exact) mass is 277 g/mol. The smallest absolute Gasteiger partial charge is 0.339 e. The molecule has 2 rings (SSSR count). The minimum absolute atomic E-state index is 0.226. The van der Waals surface area contributed by atoms with E-state index in [2.05, 4.69) is 0 Å². The normalized spacial score (nSPS) is 10.6. The van der Waals surface area contributed by atoms with Crippen molar-refractivity contribution < 1.29 is 14.3 Å². The van der Waals surface area contributed by atoms with Crippen LogP contribution in [0.25, 0.3) is 0 Å². The number of thioether (sulfide) groups is 1. The molecule has 0 saturated heterocycles. The van der Waals surface area contributed by atoms with Crippen molar-refractivity contribution in [2.45, 2.75) is 24.5 Å². The van der Waals surface area contributed by atoms with E-state index in [9.17, 15) is 4.79 Å². The molecule has 0 unspecified atom stereocenters. The molecule has 0 aliphatic carbocycles. The summed E-state index contributed by atoms with van der Waals surface area (Å²) in [5, 5.41) is 8.95. The van der Waals surface area contributed by atoms with Crippen LogP contribution in [0.15, 0.2) is 33.6 Å². The summed E-state index contributed by atoms with van der Waals surface area (Å²) >= 11 is 1.59. The largest absolute Gasteiger partial charge is 0.478 e. The highest BCUT2D eigenvalue weighted by Crippen LogP contribution is 2.27. The van der Waals surface area contributed by atoms with Crippen molar-refractivity contribution in [3.8, 4) is 0 Å². The molecule has 100 valence electrons. The third-order valence-electron chi connectivity index (χ3n) is 2.82. The first kappa shape index (κ1) is 13.5. The second-order valence-corrected chi connectivity index (χ2v) is 5.34. The second-order valence-electron chi connectivity index (χ2n) is 4.29. The van der Waals surface area contributed by atoms with Gasteiger partial charge in [0.2, 0.25) is 0 Å². The van der Waals surface area contributed by atoms with Crippen LogP contribution in [-0.4, -0.2) is 11.1 Å². The Hall–Kier alpha value is -1.88. The van der Waals surface area contributed by atoms with Crippen LogP contribution in [0.2, 0.25) is 0 Å². The molecule has 1 aromatic carbocycles. The van der Waals surface area contributed by atoms with Gasteiger partial charge in [0.1, 0.15) is 17.1 Å². The number of nitrogens with two attached hydrogens (primary N) is 1. The summed E-state index contributed by atoms with van der Waals surface area (Å²) in [5.41, 5.74) is 7.79. The maximum atomic E-state index is 10.9. The number of hydrogen-bond donors (Lipinski definition) is 2. The maximum absolute atomic E-state index is 10.9. The molecule has 2 aromatic rings. The van der Waals surface area contributed by atoms with Crippen LogP contribution in [0.5, 0.6) is 0 Å². The van der Waals surface area contributed by atoms with Crippen molar-refractivity contribution >= 4 is 23.4 Å². The Labute approximate surface area is 115 Å². The van der Waals surface area contributed by atoms with Gasteiger partial charge in [-0.05, 0) is 43.7 Å². The Morgan fingerprint density at radius 1 is 1.37 bits per heavy atom. The number of nitrogen functional groups attached to an aromatic ring is 1. The molecule has 4 nitrogen and oxygen atoms in total.